The van der Waals surface area contributed by atoms with Crippen molar-refractivity contribution in [2.24, 2.45) is 14.1 Å². The highest BCUT2D eigenvalue weighted by Crippen LogP contribution is 2.25. The van der Waals surface area contributed by atoms with Gasteiger partial charge >= 0.3 is 5.69 Å². The van der Waals surface area contributed by atoms with E-state index in [9.17, 15) is 14.4 Å². The van der Waals surface area contributed by atoms with Crippen molar-refractivity contribution in [1.29, 1.82) is 0 Å². The van der Waals surface area contributed by atoms with Crippen molar-refractivity contribution in [3.8, 4) is 0 Å². The Balaban J connectivity index is 1.85. The molecular weight excluding hydrogens is 308 g/mol. The van der Waals surface area contributed by atoms with Crippen LogP contribution in [0.25, 0.3) is 6.08 Å². The molecule has 0 saturated carbocycles. The van der Waals surface area contributed by atoms with Gasteiger partial charge < -0.3 is 14.0 Å². The average molecular weight is 328 g/mol. The van der Waals surface area contributed by atoms with Crippen LogP contribution in [0.5, 0.6) is 0 Å². The SMILES string of the molecule is C[C@H]1c2cccn2CCN1C(=O)/C=C\c1cn(C)c(=O)n(C)c1=O. The summed E-state index contributed by atoms with van der Waals surface area (Å²) in [6, 6.07) is 3.97. The van der Waals surface area contributed by atoms with Crippen LogP contribution in [-0.4, -0.2) is 31.1 Å². The van der Waals surface area contributed by atoms with Gasteiger partial charge in [-0.3, -0.25) is 14.2 Å². The standard InChI is InChI=1S/C17H20N4O3/c1-12-14-5-4-8-20(14)9-10-21(12)15(22)7-6-13-11-18(2)17(24)19(3)16(13)23/h4-8,11-12H,9-10H2,1-3H3/b7-6-/t12-/m0/s1. The normalized spacial score (nSPS) is 17.3. The summed E-state index contributed by atoms with van der Waals surface area (Å²) in [4.78, 5) is 38.1. The number of hydrogen-bond acceptors (Lipinski definition) is 3. The smallest absolute Gasteiger partial charge is 0.330 e. The second-order valence-electron chi connectivity index (χ2n) is 6.01. The van der Waals surface area contributed by atoms with Crippen LogP contribution in [-0.2, 0) is 25.4 Å². The lowest BCUT2D eigenvalue weighted by Gasteiger charge is -2.34. The quantitative estimate of drug-likeness (QED) is 0.754. The van der Waals surface area contributed by atoms with Crippen LogP contribution in [0, 0.1) is 0 Å². The number of hydrogen-bond donors (Lipinski definition) is 0. The number of carbonyl (C=O) groups excluding carboxylic acids is 1. The largest absolute Gasteiger partial charge is 0.348 e. The molecule has 0 aromatic carbocycles. The number of fused-ring (bicyclic) bond motifs is 1. The molecular formula is C17H20N4O3. The van der Waals surface area contributed by atoms with E-state index in [4.69, 9.17) is 0 Å². The number of aryl methyl sites for hydroxylation is 1. The molecule has 0 fully saturated rings. The lowest BCUT2D eigenvalue weighted by molar-refractivity contribution is -0.129. The molecule has 7 nitrogen and oxygen atoms in total. The maximum Gasteiger partial charge on any atom is 0.330 e. The second-order valence-corrected chi connectivity index (χ2v) is 6.01. The zero-order valence-electron chi connectivity index (χ0n) is 14.0. The molecule has 1 atom stereocenters. The van der Waals surface area contributed by atoms with E-state index in [1.165, 1.54) is 30.0 Å². The number of amides is 1. The summed E-state index contributed by atoms with van der Waals surface area (Å²) in [5.41, 5.74) is 0.596. The highest BCUT2D eigenvalue weighted by atomic mass is 16.2. The fraction of sp³-hybridized carbons (Fsp3) is 0.353. The molecule has 0 aliphatic carbocycles. The molecule has 2 aromatic rings. The van der Waals surface area contributed by atoms with Crippen molar-refractivity contribution in [2.45, 2.75) is 19.5 Å². The molecule has 3 rings (SSSR count). The predicted molar refractivity (Wildman–Crippen MR) is 90.5 cm³/mol. The second kappa shape index (κ2) is 5.99. The molecule has 0 radical (unpaired) electrons. The maximum absolute atomic E-state index is 12.5. The Morgan fingerprint density at radius 3 is 2.75 bits per heavy atom. The maximum atomic E-state index is 12.5. The molecule has 2 aromatic heterocycles. The molecule has 0 unspecified atom stereocenters. The zero-order chi connectivity index (χ0) is 17.4. The Labute approximate surface area is 139 Å². The molecule has 126 valence electrons. The van der Waals surface area contributed by atoms with Crippen LogP contribution in [0.4, 0.5) is 0 Å². The first-order valence-electron chi connectivity index (χ1n) is 7.80. The lowest BCUT2D eigenvalue weighted by Crippen LogP contribution is -2.40. The van der Waals surface area contributed by atoms with Crippen molar-refractivity contribution >= 4 is 12.0 Å². The molecule has 0 spiro atoms. The molecule has 3 heterocycles. The third-order valence-electron chi connectivity index (χ3n) is 4.50. The first-order valence-corrected chi connectivity index (χ1v) is 7.80. The predicted octanol–water partition coefficient (Wildman–Crippen LogP) is 0.502. The zero-order valence-corrected chi connectivity index (χ0v) is 14.0. The van der Waals surface area contributed by atoms with Gasteiger partial charge in [0, 0.05) is 51.3 Å². The van der Waals surface area contributed by atoms with Crippen LogP contribution in [0.3, 0.4) is 0 Å². The molecule has 0 bridgehead atoms. The van der Waals surface area contributed by atoms with Gasteiger partial charge in [0.2, 0.25) is 5.91 Å². The highest BCUT2D eigenvalue weighted by molar-refractivity contribution is 5.92. The van der Waals surface area contributed by atoms with Crippen LogP contribution in [0.15, 0.2) is 40.2 Å². The van der Waals surface area contributed by atoms with Gasteiger partial charge in [-0.25, -0.2) is 4.79 Å². The van der Waals surface area contributed by atoms with Gasteiger partial charge in [-0.05, 0) is 25.1 Å². The van der Waals surface area contributed by atoms with Gasteiger partial charge in [0.25, 0.3) is 5.56 Å². The molecule has 7 heteroatoms. The van der Waals surface area contributed by atoms with Crippen molar-refractivity contribution < 1.29 is 4.79 Å². The number of rotatable bonds is 2. The third-order valence-corrected chi connectivity index (χ3v) is 4.50. The summed E-state index contributed by atoms with van der Waals surface area (Å²) in [6.45, 7) is 3.37. The molecule has 0 saturated heterocycles. The minimum absolute atomic E-state index is 0.0196. The minimum atomic E-state index is -0.414. The molecule has 1 aliphatic heterocycles. The minimum Gasteiger partial charge on any atom is -0.348 e. The van der Waals surface area contributed by atoms with Gasteiger partial charge in [0.1, 0.15) is 0 Å². The van der Waals surface area contributed by atoms with Gasteiger partial charge in [-0.1, -0.05) is 0 Å². The van der Waals surface area contributed by atoms with E-state index in [0.29, 0.717) is 12.1 Å². The summed E-state index contributed by atoms with van der Waals surface area (Å²) >= 11 is 0. The summed E-state index contributed by atoms with van der Waals surface area (Å²) in [7, 11) is 2.99. The van der Waals surface area contributed by atoms with E-state index in [2.05, 4.69) is 4.57 Å². The van der Waals surface area contributed by atoms with E-state index in [0.717, 1.165) is 16.8 Å². The third kappa shape index (κ3) is 2.62. The Morgan fingerprint density at radius 1 is 1.25 bits per heavy atom. The topological polar surface area (TPSA) is 69.2 Å². The first kappa shape index (κ1) is 16.0. The van der Waals surface area contributed by atoms with Crippen molar-refractivity contribution in [3.05, 3.63) is 62.7 Å². The van der Waals surface area contributed by atoms with Gasteiger partial charge in [0.15, 0.2) is 0 Å². The van der Waals surface area contributed by atoms with E-state index < -0.39 is 11.2 Å². The Hall–Kier alpha value is -2.83. The summed E-state index contributed by atoms with van der Waals surface area (Å²) in [6.07, 6.45) is 6.33. The summed E-state index contributed by atoms with van der Waals surface area (Å²) < 4.78 is 4.49. The highest BCUT2D eigenvalue weighted by Gasteiger charge is 2.25. The van der Waals surface area contributed by atoms with Gasteiger partial charge in [-0.15, -0.1) is 0 Å². The fourth-order valence-electron chi connectivity index (χ4n) is 3.09. The Kier molecular flexibility index (Phi) is 4.01. The van der Waals surface area contributed by atoms with E-state index in [1.807, 2.05) is 25.3 Å². The first-order chi connectivity index (χ1) is 11.4. The van der Waals surface area contributed by atoms with Gasteiger partial charge in [0.05, 0.1) is 11.6 Å². The number of carbonyl (C=O) groups is 1. The van der Waals surface area contributed by atoms with E-state index in [-0.39, 0.29) is 11.9 Å². The summed E-state index contributed by atoms with van der Waals surface area (Å²) in [5, 5.41) is 0. The molecule has 1 aliphatic rings. The van der Waals surface area contributed by atoms with Crippen LogP contribution >= 0.6 is 0 Å². The number of aromatic nitrogens is 3. The average Bonchev–Trinajstić information content (AvgIpc) is 3.04. The Bertz CT molecular complexity index is 932. The van der Waals surface area contributed by atoms with Crippen molar-refractivity contribution in [1.82, 2.24) is 18.6 Å². The molecule has 24 heavy (non-hydrogen) atoms. The molecule has 0 N–H and O–H groups in total. The van der Waals surface area contributed by atoms with Crippen LogP contribution in [0.1, 0.15) is 24.2 Å². The van der Waals surface area contributed by atoms with Crippen LogP contribution in [0.2, 0.25) is 0 Å². The fourth-order valence-corrected chi connectivity index (χ4v) is 3.09. The molecule has 1 amide bonds. The number of nitrogens with zero attached hydrogens (tertiary/aromatic N) is 4. The lowest BCUT2D eigenvalue weighted by atomic mass is 10.1. The van der Waals surface area contributed by atoms with E-state index >= 15 is 0 Å². The Morgan fingerprint density at radius 2 is 2.00 bits per heavy atom. The van der Waals surface area contributed by atoms with E-state index in [1.54, 1.807) is 11.9 Å². The van der Waals surface area contributed by atoms with Crippen molar-refractivity contribution in [2.75, 3.05) is 6.54 Å². The van der Waals surface area contributed by atoms with Crippen molar-refractivity contribution in [3.63, 3.8) is 0 Å². The monoisotopic (exact) mass is 328 g/mol. The van der Waals surface area contributed by atoms with Crippen LogP contribution < -0.4 is 11.2 Å². The van der Waals surface area contributed by atoms with Gasteiger partial charge in [-0.2, -0.15) is 0 Å². The summed E-state index contributed by atoms with van der Waals surface area (Å²) in [5.74, 6) is -0.147.